The van der Waals surface area contributed by atoms with Crippen molar-refractivity contribution < 1.29 is 18.8 Å². The van der Waals surface area contributed by atoms with Gasteiger partial charge in [0.25, 0.3) is 5.91 Å². The van der Waals surface area contributed by atoms with Gasteiger partial charge in [-0.2, -0.15) is 0 Å². The Labute approximate surface area is 226 Å². The highest BCUT2D eigenvalue weighted by molar-refractivity contribution is 7.12. The van der Waals surface area contributed by atoms with Gasteiger partial charge in [0.05, 0.1) is 29.9 Å². The van der Waals surface area contributed by atoms with Crippen molar-refractivity contribution in [3.8, 4) is 0 Å². The molecule has 0 aliphatic rings. The molecule has 0 saturated carbocycles. The van der Waals surface area contributed by atoms with Gasteiger partial charge in [-0.3, -0.25) is 19.3 Å². The van der Waals surface area contributed by atoms with E-state index in [0.717, 1.165) is 22.3 Å². The predicted molar refractivity (Wildman–Crippen MR) is 149 cm³/mol. The Bertz CT molecular complexity index is 1390. The van der Waals surface area contributed by atoms with Gasteiger partial charge in [0.2, 0.25) is 11.8 Å². The third-order valence-electron chi connectivity index (χ3n) is 6.21. The van der Waals surface area contributed by atoms with Crippen LogP contribution in [0.3, 0.4) is 0 Å². The van der Waals surface area contributed by atoms with E-state index in [1.807, 2.05) is 64.1 Å². The first-order chi connectivity index (χ1) is 18.2. The quantitative estimate of drug-likeness (QED) is 0.304. The lowest BCUT2D eigenvalue weighted by atomic mass is 9.98. The third kappa shape index (κ3) is 6.20. The second-order valence-corrected chi connectivity index (χ2v) is 10.2. The lowest BCUT2D eigenvalue weighted by molar-refractivity contribution is -0.126. The average Bonchev–Trinajstić information content (AvgIpc) is 3.60. The zero-order chi connectivity index (χ0) is 27.2. The Hall–Kier alpha value is -4.17. The Morgan fingerprint density at radius 2 is 1.61 bits per heavy atom. The van der Waals surface area contributed by atoms with Gasteiger partial charge < -0.3 is 15.1 Å². The van der Waals surface area contributed by atoms with Gasteiger partial charge in [-0.25, -0.2) is 0 Å². The Kier molecular flexibility index (Phi) is 8.43. The average molecular weight is 530 g/mol. The van der Waals surface area contributed by atoms with Crippen molar-refractivity contribution in [3.63, 3.8) is 0 Å². The summed E-state index contributed by atoms with van der Waals surface area (Å²) in [6.45, 7) is 7.71. The van der Waals surface area contributed by atoms with Crippen LogP contribution in [0.2, 0.25) is 0 Å². The molecular weight excluding hydrogens is 498 g/mol. The zero-order valence-corrected chi connectivity index (χ0v) is 22.7. The first-order valence-corrected chi connectivity index (χ1v) is 13.2. The number of hydrogen-bond acceptors (Lipinski definition) is 5. The van der Waals surface area contributed by atoms with E-state index in [9.17, 15) is 14.4 Å². The molecule has 7 nitrogen and oxygen atoms in total. The summed E-state index contributed by atoms with van der Waals surface area (Å²) < 4.78 is 5.39. The van der Waals surface area contributed by atoms with Crippen LogP contribution in [-0.4, -0.2) is 24.3 Å². The number of amides is 3. The molecule has 3 amide bonds. The first-order valence-electron chi connectivity index (χ1n) is 12.3. The van der Waals surface area contributed by atoms with E-state index in [1.54, 1.807) is 35.9 Å². The number of anilines is 1. The monoisotopic (exact) mass is 529 g/mol. The number of aryl methyl sites for hydroxylation is 4. The highest BCUT2D eigenvalue weighted by atomic mass is 32.1. The Morgan fingerprint density at radius 3 is 2.21 bits per heavy atom. The summed E-state index contributed by atoms with van der Waals surface area (Å²) in [5, 5.41) is 7.46. The van der Waals surface area contributed by atoms with Gasteiger partial charge in [0.15, 0.2) is 0 Å². The minimum absolute atomic E-state index is 0.178. The summed E-state index contributed by atoms with van der Waals surface area (Å²) >= 11 is 1.30. The molecule has 4 aromatic rings. The van der Waals surface area contributed by atoms with Crippen LogP contribution in [0.1, 0.15) is 49.3 Å². The molecule has 0 unspecified atom stereocenters. The van der Waals surface area contributed by atoms with Crippen LogP contribution < -0.4 is 15.5 Å². The molecule has 0 aliphatic carbocycles. The summed E-state index contributed by atoms with van der Waals surface area (Å²) in [7, 11) is 0. The van der Waals surface area contributed by atoms with E-state index in [0.29, 0.717) is 21.9 Å². The SMILES string of the molecule is Cc1ccc([C@@H](C(=O)NCc2ccco2)N(C(=O)CNC(=O)c2cccs2)c2c(C)cc(C)cc2C)cc1. The molecule has 196 valence electrons. The topological polar surface area (TPSA) is 91.7 Å². The molecule has 0 spiro atoms. The maximum Gasteiger partial charge on any atom is 0.261 e. The molecule has 0 radical (unpaired) electrons. The molecule has 0 bridgehead atoms. The van der Waals surface area contributed by atoms with Crippen LogP contribution >= 0.6 is 11.3 Å². The fraction of sp³-hybridized carbons (Fsp3) is 0.233. The Balaban J connectivity index is 1.75. The van der Waals surface area contributed by atoms with Gasteiger partial charge in [0, 0.05) is 0 Å². The smallest absolute Gasteiger partial charge is 0.261 e. The number of benzene rings is 2. The molecule has 38 heavy (non-hydrogen) atoms. The normalized spacial score (nSPS) is 11.6. The minimum Gasteiger partial charge on any atom is -0.467 e. The van der Waals surface area contributed by atoms with Gasteiger partial charge in [-0.05, 0) is 68.0 Å². The maximum atomic E-state index is 13.9. The highest BCUT2D eigenvalue weighted by Crippen LogP contribution is 2.34. The largest absolute Gasteiger partial charge is 0.467 e. The number of furan rings is 1. The molecular formula is C30H31N3O4S. The standard InChI is InChI=1S/C30H31N3O4S/c1-19-9-11-23(12-10-19)28(30(36)31-17-24-7-5-13-37-24)33(27-21(3)15-20(2)16-22(27)4)26(34)18-32-29(35)25-8-6-14-38-25/h5-16,28H,17-18H2,1-4H3,(H,31,36)(H,32,35)/t28-/m0/s1. The second kappa shape index (κ2) is 11.9. The van der Waals surface area contributed by atoms with Crippen LogP contribution in [0.25, 0.3) is 0 Å². The molecule has 2 N–H and O–H groups in total. The van der Waals surface area contributed by atoms with Crippen LogP contribution in [0.4, 0.5) is 5.69 Å². The van der Waals surface area contributed by atoms with Gasteiger partial charge in [-0.1, -0.05) is 53.6 Å². The molecule has 2 aromatic heterocycles. The minimum atomic E-state index is -0.975. The third-order valence-corrected chi connectivity index (χ3v) is 7.08. The van der Waals surface area contributed by atoms with Crippen molar-refractivity contribution in [3.05, 3.63) is 111 Å². The van der Waals surface area contributed by atoms with Crippen LogP contribution in [0.5, 0.6) is 0 Å². The molecule has 8 heteroatoms. The second-order valence-electron chi connectivity index (χ2n) is 9.28. The molecule has 2 aromatic carbocycles. The van der Waals surface area contributed by atoms with Crippen LogP contribution in [0.15, 0.2) is 76.7 Å². The van der Waals surface area contributed by atoms with Crippen molar-refractivity contribution >= 4 is 34.7 Å². The number of carbonyl (C=O) groups is 3. The van der Waals surface area contributed by atoms with Gasteiger partial charge in [0.1, 0.15) is 11.8 Å². The molecule has 0 aliphatic heterocycles. The first kappa shape index (κ1) is 26.9. The van der Waals surface area contributed by atoms with Crippen molar-refractivity contribution in [1.82, 2.24) is 10.6 Å². The number of nitrogens with one attached hydrogen (secondary N) is 2. The lowest BCUT2D eigenvalue weighted by Gasteiger charge is -2.34. The van der Waals surface area contributed by atoms with E-state index in [2.05, 4.69) is 10.6 Å². The summed E-state index contributed by atoms with van der Waals surface area (Å²) in [5.41, 5.74) is 5.10. The van der Waals surface area contributed by atoms with Crippen molar-refractivity contribution in [2.45, 2.75) is 40.3 Å². The van der Waals surface area contributed by atoms with Gasteiger partial charge in [-0.15, -0.1) is 11.3 Å². The summed E-state index contributed by atoms with van der Waals surface area (Å²) in [6, 6.07) is 17.6. The number of carbonyl (C=O) groups excluding carboxylic acids is 3. The van der Waals surface area contributed by atoms with Crippen molar-refractivity contribution in [1.29, 1.82) is 0 Å². The lowest BCUT2D eigenvalue weighted by Crippen LogP contribution is -2.48. The number of hydrogen-bond donors (Lipinski definition) is 2. The zero-order valence-electron chi connectivity index (χ0n) is 21.9. The fourth-order valence-electron chi connectivity index (χ4n) is 4.54. The molecule has 1 atom stereocenters. The van der Waals surface area contributed by atoms with Crippen LogP contribution in [0, 0.1) is 27.7 Å². The van der Waals surface area contributed by atoms with Crippen molar-refractivity contribution in [2.24, 2.45) is 0 Å². The predicted octanol–water partition coefficient (Wildman–Crippen LogP) is 5.40. The molecule has 0 fully saturated rings. The Morgan fingerprint density at radius 1 is 0.895 bits per heavy atom. The highest BCUT2D eigenvalue weighted by Gasteiger charge is 2.34. The van der Waals surface area contributed by atoms with Crippen LogP contribution in [-0.2, 0) is 16.1 Å². The molecule has 0 saturated heterocycles. The maximum absolute atomic E-state index is 13.9. The number of nitrogens with zero attached hydrogens (tertiary/aromatic N) is 1. The summed E-state index contributed by atoms with van der Waals surface area (Å²) in [5.74, 6) is -0.490. The van der Waals surface area contributed by atoms with E-state index >= 15 is 0 Å². The summed E-state index contributed by atoms with van der Waals surface area (Å²) in [6.07, 6.45) is 1.55. The van der Waals surface area contributed by atoms with E-state index in [4.69, 9.17) is 4.42 Å². The summed E-state index contributed by atoms with van der Waals surface area (Å²) in [4.78, 5) is 42.4. The van der Waals surface area contributed by atoms with E-state index in [1.165, 1.54) is 16.2 Å². The molecule has 2 heterocycles. The molecule has 4 rings (SSSR count). The fourth-order valence-corrected chi connectivity index (χ4v) is 5.18. The van der Waals surface area contributed by atoms with Crippen molar-refractivity contribution in [2.75, 3.05) is 11.4 Å². The van der Waals surface area contributed by atoms with E-state index in [-0.39, 0.29) is 24.9 Å². The van der Waals surface area contributed by atoms with Gasteiger partial charge >= 0.3 is 0 Å². The van der Waals surface area contributed by atoms with E-state index < -0.39 is 11.9 Å². The number of rotatable bonds is 9. The number of thiophene rings is 1.